The number of likely N-dealkylation sites (tertiary alicyclic amines) is 1. The third kappa shape index (κ3) is 3.33. The van der Waals surface area contributed by atoms with Crippen molar-refractivity contribution in [2.24, 2.45) is 5.92 Å². The molecular weight excluding hydrogens is 379 g/mol. The predicted octanol–water partition coefficient (Wildman–Crippen LogP) is 4.52. The van der Waals surface area contributed by atoms with Gasteiger partial charge in [-0.05, 0) is 30.4 Å². The molecule has 1 atom stereocenters. The monoisotopic (exact) mass is 398 g/mol. The maximum atomic E-state index is 11.6. The number of anilines is 1. The number of nitrogens with one attached hydrogen (secondary N) is 2. The van der Waals surface area contributed by atoms with Crippen LogP contribution in [-0.2, 0) is 11.3 Å². The van der Waals surface area contributed by atoms with E-state index in [1.807, 2.05) is 11.0 Å². The van der Waals surface area contributed by atoms with Crippen LogP contribution in [0.2, 0.25) is 10.0 Å². The van der Waals surface area contributed by atoms with Crippen molar-refractivity contribution in [3.05, 3.63) is 27.9 Å². The van der Waals surface area contributed by atoms with E-state index in [0.717, 1.165) is 54.8 Å². The third-order valence-electron chi connectivity index (χ3n) is 4.99. The predicted molar refractivity (Wildman–Crippen MR) is 105 cm³/mol. The van der Waals surface area contributed by atoms with Gasteiger partial charge in [0.05, 0.1) is 21.2 Å². The summed E-state index contributed by atoms with van der Waals surface area (Å²) in [4.78, 5) is 16.8. The topological polar surface area (TPSA) is 51.4 Å². The fourth-order valence-corrected chi connectivity index (χ4v) is 5.32. The van der Waals surface area contributed by atoms with Crippen LogP contribution in [0.1, 0.15) is 25.3 Å². The van der Waals surface area contributed by atoms with Crippen LogP contribution in [0.3, 0.4) is 0 Å². The summed E-state index contributed by atoms with van der Waals surface area (Å²) in [6, 6.07) is 2.00. The van der Waals surface area contributed by atoms with Crippen molar-refractivity contribution in [2.45, 2.75) is 26.3 Å². The van der Waals surface area contributed by atoms with Crippen LogP contribution < -0.4 is 4.72 Å². The van der Waals surface area contributed by atoms with Gasteiger partial charge in [-0.1, -0.05) is 23.2 Å². The lowest BCUT2D eigenvalue weighted by atomic mass is 9.97. The molecule has 0 unspecified atom stereocenters. The van der Waals surface area contributed by atoms with Crippen LogP contribution >= 0.6 is 35.3 Å². The Labute approximate surface area is 161 Å². The van der Waals surface area contributed by atoms with Crippen LogP contribution in [0.4, 0.5) is 5.69 Å². The number of nitrogens with zero attached hydrogens (tertiary/aromatic N) is 2. The molecule has 0 aliphatic carbocycles. The van der Waals surface area contributed by atoms with Gasteiger partial charge in [0, 0.05) is 56.8 Å². The molecule has 2 aliphatic heterocycles. The molecule has 1 aromatic heterocycles. The van der Waals surface area contributed by atoms with Gasteiger partial charge in [-0.3, -0.25) is 4.79 Å². The molecule has 2 aliphatic rings. The fraction of sp³-hybridized carbons (Fsp3) is 0.471. The van der Waals surface area contributed by atoms with Gasteiger partial charge < -0.3 is 14.6 Å². The molecule has 8 heteroatoms. The number of hydrogen-bond acceptors (Lipinski definition) is 4. The summed E-state index contributed by atoms with van der Waals surface area (Å²) in [7, 11) is 0. The van der Waals surface area contributed by atoms with Crippen LogP contribution in [-0.4, -0.2) is 39.7 Å². The second-order valence-corrected chi connectivity index (χ2v) is 8.49. The first-order valence-electron chi connectivity index (χ1n) is 8.44. The largest absolute Gasteiger partial charge is 0.358 e. The average molecular weight is 399 g/mol. The summed E-state index contributed by atoms with van der Waals surface area (Å²) in [6.45, 7) is 5.16. The van der Waals surface area contributed by atoms with Crippen molar-refractivity contribution in [1.29, 1.82) is 0 Å². The van der Waals surface area contributed by atoms with Gasteiger partial charge in [0.15, 0.2) is 0 Å². The van der Waals surface area contributed by atoms with Crippen molar-refractivity contribution in [3.63, 3.8) is 0 Å². The van der Waals surface area contributed by atoms with Gasteiger partial charge in [-0.15, -0.1) is 0 Å². The maximum Gasteiger partial charge on any atom is 0.219 e. The van der Waals surface area contributed by atoms with E-state index in [9.17, 15) is 4.79 Å². The summed E-state index contributed by atoms with van der Waals surface area (Å²) in [5.74, 6) is 0.685. The van der Waals surface area contributed by atoms with E-state index in [1.165, 1.54) is 6.42 Å². The number of benzene rings is 1. The fourth-order valence-electron chi connectivity index (χ4n) is 3.75. The van der Waals surface area contributed by atoms with Gasteiger partial charge in [-0.2, -0.15) is 0 Å². The Kier molecular flexibility index (Phi) is 4.79. The highest BCUT2D eigenvalue weighted by Gasteiger charge is 2.27. The van der Waals surface area contributed by atoms with E-state index in [0.29, 0.717) is 16.0 Å². The molecular formula is C17H20Cl2N4OS. The molecule has 5 nitrogen and oxygen atoms in total. The number of carbonyl (C=O) groups is 1. The molecule has 1 saturated heterocycles. The summed E-state index contributed by atoms with van der Waals surface area (Å²) in [6.07, 6.45) is 4.02. The van der Waals surface area contributed by atoms with Gasteiger partial charge >= 0.3 is 0 Å². The molecule has 1 aromatic carbocycles. The Morgan fingerprint density at radius 3 is 3.04 bits per heavy atom. The highest BCUT2D eigenvalue weighted by atomic mass is 35.5. The van der Waals surface area contributed by atoms with E-state index < -0.39 is 0 Å². The number of piperidine rings is 1. The number of carbonyl (C=O) groups excluding carboxylic acids is 1. The number of fused-ring (bicyclic) bond motifs is 3. The zero-order valence-electron chi connectivity index (χ0n) is 13.9. The van der Waals surface area contributed by atoms with Gasteiger partial charge in [0.1, 0.15) is 0 Å². The zero-order chi connectivity index (χ0) is 17.6. The zero-order valence-corrected chi connectivity index (χ0v) is 16.3. The minimum atomic E-state index is 0.178. The third-order valence-corrected chi connectivity index (χ3v) is 6.42. The molecule has 25 heavy (non-hydrogen) atoms. The standard InChI is InChI=1S/C17H20Cl2N4OS/c1-10(24)22-4-2-3-11(7-22)8-23-9-12-5-13(18)15-14(19)6-20-17(15)16(12)21-25-23/h5-6,11,20-21H,2-4,7-9H2,1H3/t11-/m0/s1. The van der Waals surface area contributed by atoms with Gasteiger partial charge in [0.2, 0.25) is 5.91 Å². The molecule has 0 radical (unpaired) electrons. The lowest BCUT2D eigenvalue weighted by Gasteiger charge is -2.36. The normalized spacial score (nSPS) is 21.2. The molecule has 3 heterocycles. The van der Waals surface area contributed by atoms with E-state index in [-0.39, 0.29) is 5.91 Å². The van der Waals surface area contributed by atoms with E-state index in [2.05, 4.69) is 14.0 Å². The minimum absolute atomic E-state index is 0.178. The van der Waals surface area contributed by atoms with Crippen molar-refractivity contribution >= 4 is 57.8 Å². The number of aromatic nitrogens is 1. The van der Waals surface area contributed by atoms with E-state index in [1.54, 1.807) is 25.3 Å². The van der Waals surface area contributed by atoms with Crippen molar-refractivity contribution in [3.8, 4) is 0 Å². The number of H-pyrrole nitrogens is 1. The Hall–Kier alpha value is -1.08. The number of rotatable bonds is 2. The molecule has 2 aromatic rings. The molecule has 0 bridgehead atoms. The Bertz CT molecular complexity index is 825. The van der Waals surface area contributed by atoms with Crippen molar-refractivity contribution in [2.75, 3.05) is 24.4 Å². The maximum absolute atomic E-state index is 11.6. The van der Waals surface area contributed by atoms with Gasteiger partial charge in [-0.25, -0.2) is 4.31 Å². The minimum Gasteiger partial charge on any atom is -0.358 e. The first-order valence-corrected chi connectivity index (χ1v) is 9.97. The average Bonchev–Trinajstić information content (AvgIpc) is 2.97. The molecule has 0 saturated carbocycles. The van der Waals surface area contributed by atoms with Crippen LogP contribution in [0, 0.1) is 5.92 Å². The van der Waals surface area contributed by atoms with Gasteiger partial charge in [0.25, 0.3) is 0 Å². The Morgan fingerprint density at radius 2 is 2.24 bits per heavy atom. The Balaban J connectivity index is 1.50. The number of amides is 1. The highest BCUT2D eigenvalue weighted by Crippen LogP contribution is 2.41. The van der Waals surface area contributed by atoms with Crippen molar-refractivity contribution < 1.29 is 4.79 Å². The summed E-state index contributed by atoms with van der Waals surface area (Å²) in [5, 5.41) is 2.19. The second kappa shape index (κ2) is 6.91. The summed E-state index contributed by atoms with van der Waals surface area (Å²) >= 11 is 14.3. The molecule has 1 fully saturated rings. The second-order valence-electron chi connectivity index (χ2n) is 6.77. The first kappa shape index (κ1) is 17.3. The van der Waals surface area contributed by atoms with Crippen LogP contribution in [0.5, 0.6) is 0 Å². The smallest absolute Gasteiger partial charge is 0.219 e. The molecule has 134 valence electrons. The highest BCUT2D eigenvalue weighted by molar-refractivity contribution is 7.98. The number of hydrogen-bond donors (Lipinski definition) is 2. The lowest BCUT2D eigenvalue weighted by Crippen LogP contribution is -2.42. The Morgan fingerprint density at radius 1 is 1.40 bits per heavy atom. The SMILES string of the molecule is CC(=O)N1CCC[C@H](CN2Cc3cc(Cl)c4c(Cl)c[nH]c4c3NS2)C1. The van der Waals surface area contributed by atoms with E-state index >= 15 is 0 Å². The quantitative estimate of drug-likeness (QED) is 0.729. The van der Waals surface area contributed by atoms with Crippen molar-refractivity contribution in [1.82, 2.24) is 14.2 Å². The van der Waals surface area contributed by atoms with E-state index in [4.69, 9.17) is 23.2 Å². The summed E-state index contributed by atoms with van der Waals surface area (Å²) < 4.78 is 5.74. The molecule has 0 spiro atoms. The molecule has 4 rings (SSSR count). The lowest BCUT2D eigenvalue weighted by molar-refractivity contribution is -0.130. The number of halogens is 2. The van der Waals surface area contributed by atoms with Crippen LogP contribution in [0.15, 0.2) is 12.3 Å². The molecule has 2 N–H and O–H groups in total. The van der Waals surface area contributed by atoms with Crippen LogP contribution in [0.25, 0.3) is 10.9 Å². The number of aromatic amines is 1. The molecule has 1 amide bonds. The first-order chi connectivity index (χ1) is 12.0. The summed E-state index contributed by atoms with van der Waals surface area (Å²) in [5.41, 5.74) is 3.18.